The molecule has 4 nitrogen and oxygen atoms in total. The normalized spacial score (nSPS) is 10.9. The number of alkyl halides is 3. The molecule has 0 spiro atoms. The van der Waals surface area contributed by atoms with Crippen molar-refractivity contribution in [1.82, 2.24) is 9.55 Å². The fourth-order valence-electron chi connectivity index (χ4n) is 1.45. The third-order valence-electron chi connectivity index (χ3n) is 2.25. The Hall–Kier alpha value is -0.980. The maximum Gasteiger partial charge on any atom is 0.293 e. The van der Waals surface area contributed by atoms with Crippen LogP contribution in [0.3, 0.4) is 0 Å². The monoisotopic (exact) mass is 309 g/mol. The summed E-state index contributed by atoms with van der Waals surface area (Å²) in [6.45, 7) is 2.14. The second-order valence-corrected chi connectivity index (χ2v) is 4.16. The standard InChI is InChI=1S/C10H14BrF2N3O/c1-2-15-6-4-14-9(10(15)17)16(5-3-11)7-8(12)13/h4,6,8H,2-3,5,7H2,1H3. The van der Waals surface area contributed by atoms with Crippen LogP contribution in [0.5, 0.6) is 0 Å². The van der Waals surface area contributed by atoms with E-state index in [2.05, 4.69) is 20.9 Å². The first kappa shape index (κ1) is 14.1. The van der Waals surface area contributed by atoms with E-state index >= 15 is 0 Å². The van der Waals surface area contributed by atoms with Crippen LogP contribution in [0.15, 0.2) is 17.2 Å². The van der Waals surface area contributed by atoms with Gasteiger partial charge in [-0.25, -0.2) is 13.8 Å². The Morgan fingerprint density at radius 2 is 2.29 bits per heavy atom. The van der Waals surface area contributed by atoms with Gasteiger partial charge in [0, 0.05) is 30.8 Å². The number of hydrogen-bond acceptors (Lipinski definition) is 3. The summed E-state index contributed by atoms with van der Waals surface area (Å²) in [5.41, 5.74) is -0.336. The lowest BCUT2D eigenvalue weighted by Gasteiger charge is -2.21. The van der Waals surface area contributed by atoms with Gasteiger partial charge in [0.05, 0.1) is 6.54 Å². The fraction of sp³-hybridized carbons (Fsp3) is 0.600. The Balaban J connectivity index is 3.05. The average molecular weight is 310 g/mol. The molecule has 7 heteroatoms. The second kappa shape index (κ2) is 6.68. The first-order valence-corrected chi connectivity index (χ1v) is 6.36. The number of rotatable bonds is 6. The summed E-state index contributed by atoms with van der Waals surface area (Å²) in [5, 5.41) is 0.502. The summed E-state index contributed by atoms with van der Waals surface area (Å²) in [6, 6.07) is 0. The molecular formula is C10H14BrF2N3O. The summed E-state index contributed by atoms with van der Waals surface area (Å²) in [7, 11) is 0. The molecule has 0 unspecified atom stereocenters. The molecule has 0 fully saturated rings. The molecule has 0 N–H and O–H groups in total. The minimum atomic E-state index is -2.49. The van der Waals surface area contributed by atoms with Gasteiger partial charge in [-0.05, 0) is 6.92 Å². The fourth-order valence-corrected chi connectivity index (χ4v) is 1.88. The summed E-state index contributed by atoms with van der Waals surface area (Å²) < 4.78 is 26.3. The van der Waals surface area contributed by atoms with E-state index in [0.717, 1.165) is 0 Å². The van der Waals surface area contributed by atoms with Gasteiger partial charge >= 0.3 is 0 Å². The molecule has 1 heterocycles. The van der Waals surface area contributed by atoms with E-state index in [4.69, 9.17) is 0 Å². The highest BCUT2D eigenvalue weighted by Gasteiger charge is 2.17. The Bertz CT molecular complexity index is 411. The number of anilines is 1. The molecule has 0 radical (unpaired) electrons. The van der Waals surface area contributed by atoms with E-state index in [0.29, 0.717) is 18.4 Å². The van der Waals surface area contributed by atoms with Crippen molar-refractivity contribution in [3.8, 4) is 0 Å². The van der Waals surface area contributed by atoms with Crippen molar-refractivity contribution in [3.63, 3.8) is 0 Å². The molecule has 1 aromatic rings. The van der Waals surface area contributed by atoms with Crippen LogP contribution in [-0.2, 0) is 6.54 Å². The molecular weight excluding hydrogens is 296 g/mol. The van der Waals surface area contributed by atoms with Gasteiger partial charge in [0.1, 0.15) is 0 Å². The molecule has 1 rings (SSSR count). The SMILES string of the molecule is CCn1ccnc(N(CCBr)CC(F)F)c1=O. The topological polar surface area (TPSA) is 38.1 Å². The van der Waals surface area contributed by atoms with Crippen LogP contribution < -0.4 is 10.5 Å². The van der Waals surface area contributed by atoms with Crippen molar-refractivity contribution >= 4 is 21.7 Å². The van der Waals surface area contributed by atoms with Crippen LogP contribution in [0.1, 0.15) is 6.92 Å². The minimum Gasteiger partial charge on any atom is -0.345 e. The number of aromatic nitrogens is 2. The Kier molecular flexibility index (Phi) is 5.54. The minimum absolute atomic E-state index is 0.0779. The van der Waals surface area contributed by atoms with Gasteiger partial charge in [-0.2, -0.15) is 0 Å². The summed E-state index contributed by atoms with van der Waals surface area (Å²) in [6.07, 6.45) is 0.499. The molecule has 96 valence electrons. The molecule has 0 aliphatic heterocycles. The predicted molar refractivity (Wildman–Crippen MR) is 66.2 cm³/mol. The smallest absolute Gasteiger partial charge is 0.293 e. The van der Waals surface area contributed by atoms with Crippen molar-refractivity contribution in [3.05, 3.63) is 22.7 Å². The molecule has 0 amide bonds. The Morgan fingerprint density at radius 3 is 2.82 bits per heavy atom. The number of aryl methyl sites for hydroxylation is 1. The zero-order valence-electron chi connectivity index (χ0n) is 9.44. The highest BCUT2D eigenvalue weighted by atomic mass is 79.9. The van der Waals surface area contributed by atoms with Crippen LogP contribution in [0.2, 0.25) is 0 Å². The molecule has 0 atom stereocenters. The van der Waals surface area contributed by atoms with E-state index in [1.165, 1.54) is 15.7 Å². The zero-order chi connectivity index (χ0) is 12.8. The quantitative estimate of drug-likeness (QED) is 0.751. The van der Waals surface area contributed by atoms with Crippen LogP contribution in [0.4, 0.5) is 14.6 Å². The van der Waals surface area contributed by atoms with E-state index < -0.39 is 13.0 Å². The third kappa shape index (κ3) is 3.76. The molecule has 0 saturated heterocycles. The predicted octanol–water partition coefficient (Wildman–Crippen LogP) is 1.73. The molecule has 1 aromatic heterocycles. The van der Waals surface area contributed by atoms with E-state index in [1.807, 2.05) is 6.92 Å². The lowest BCUT2D eigenvalue weighted by molar-refractivity contribution is 0.155. The maximum atomic E-state index is 12.4. The summed E-state index contributed by atoms with van der Waals surface area (Å²) in [4.78, 5) is 17.1. The highest BCUT2D eigenvalue weighted by molar-refractivity contribution is 9.09. The van der Waals surface area contributed by atoms with Crippen LogP contribution in [0.25, 0.3) is 0 Å². The van der Waals surface area contributed by atoms with Crippen LogP contribution >= 0.6 is 15.9 Å². The summed E-state index contributed by atoms with van der Waals surface area (Å²) in [5.74, 6) is 0.0779. The van der Waals surface area contributed by atoms with Gasteiger partial charge in [0.15, 0.2) is 5.82 Å². The van der Waals surface area contributed by atoms with Crippen molar-refractivity contribution in [2.24, 2.45) is 0 Å². The van der Waals surface area contributed by atoms with E-state index in [9.17, 15) is 13.6 Å². The van der Waals surface area contributed by atoms with Crippen LogP contribution in [0, 0.1) is 0 Å². The molecule has 0 bridgehead atoms. The first-order chi connectivity index (χ1) is 8.10. The Labute approximate surface area is 106 Å². The molecule has 0 saturated carbocycles. The second-order valence-electron chi connectivity index (χ2n) is 3.37. The van der Waals surface area contributed by atoms with Crippen LogP contribution in [-0.4, -0.2) is 34.4 Å². The third-order valence-corrected chi connectivity index (χ3v) is 2.60. The number of nitrogens with zero attached hydrogens (tertiary/aromatic N) is 3. The lowest BCUT2D eigenvalue weighted by atomic mass is 10.4. The average Bonchev–Trinajstić information content (AvgIpc) is 2.28. The zero-order valence-corrected chi connectivity index (χ0v) is 11.0. The van der Waals surface area contributed by atoms with Crippen molar-refractivity contribution in [2.75, 3.05) is 23.3 Å². The van der Waals surface area contributed by atoms with Gasteiger partial charge in [-0.3, -0.25) is 4.79 Å². The molecule has 0 aliphatic rings. The first-order valence-electron chi connectivity index (χ1n) is 5.24. The van der Waals surface area contributed by atoms with Gasteiger partial charge in [0.2, 0.25) is 0 Å². The van der Waals surface area contributed by atoms with Crippen molar-refractivity contribution in [2.45, 2.75) is 19.9 Å². The lowest BCUT2D eigenvalue weighted by Crippen LogP contribution is -2.37. The largest absolute Gasteiger partial charge is 0.345 e. The molecule has 17 heavy (non-hydrogen) atoms. The number of halogens is 3. The van der Waals surface area contributed by atoms with Gasteiger partial charge in [-0.1, -0.05) is 15.9 Å². The Morgan fingerprint density at radius 1 is 1.59 bits per heavy atom. The van der Waals surface area contributed by atoms with Gasteiger partial charge < -0.3 is 9.47 Å². The van der Waals surface area contributed by atoms with E-state index in [-0.39, 0.29) is 11.4 Å². The highest BCUT2D eigenvalue weighted by Crippen LogP contribution is 2.07. The molecule has 0 aliphatic carbocycles. The van der Waals surface area contributed by atoms with Gasteiger partial charge in [-0.15, -0.1) is 0 Å². The molecule has 0 aromatic carbocycles. The van der Waals surface area contributed by atoms with Crippen molar-refractivity contribution < 1.29 is 8.78 Å². The summed E-state index contributed by atoms with van der Waals surface area (Å²) >= 11 is 3.17. The maximum absolute atomic E-state index is 12.4. The van der Waals surface area contributed by atoms with E-state index in [1.54, 1.807) is 6.20 Å². The van der Waals surface area contributed by atoms with Gasteiger partial charge in [0.25, 0.3) is 12.0 Å². The van der Waals surface area contributed by atoms with Crippen molar-refractivity contribution in [1.29, 1.82) is 0 Å². The number of hydrogen-bond donors (Lipinski definition) is 0.